The van der Waals surface area contributed by atoms with Crippen molar-refractivity contribution in [2.75, 3.05) is 6.61 Å². The zero-order valence-corrected chi connectivity index (χ0v) is 9.69. The number of aromatic hydroxyl groups is 1. The lowest BCUT2D eigenvalue weighted by molar-refractivity contribution is 0.121. The van der Waals surface area contributed by atoms with Gasteiger partial charge in [-0.2, -0.15) is 0 Å². The van der Waals surface area contributed by atoms with Gasteiger partial charge < -0.3 is 10.2 Å². The van der Waals surface area contributed by atoms with Gasteiger partial charge in [-0.05, 0) is 29.9 Å². The van der Waals surface area contributed by atoms with E-state index < -0.39 is 0 Å². The molecule has 1 fully saturated rings. The lowest BCUT2D eigenvalue weighted by Gasteiger charge is -2.41. The first-order valence-electron chi connectivity index (χ1n) is 6.09. The van der Waals surface area contributed by atoms with E-state index in [0.29, 0.717) is 5.75 Å². The predicted molar refractivity (Wildman–Crippen MR) is 68.2 cm³/mol. The number of rotatable bonds is 2. The van der Waals surface area contributed by atoms with E-state index >= 15 is 0 Å². The maximum absolute atomic E-state index is 10.0. The molecule has 0 aliphatic heterocycles. The first-order valence-corrected chi connectivity index (χ1v) is 6.09. The summed E-state index contributed by atoms with van der Waals surface area (Å²) in [7, 11) is 0. The van der Waals surface area contributed by atoms with Crippen LogP contribution in [0.4, 0.5) is 0 Å². The maximum atomic E-state index is 10.0. The van der Waals surface area contributed by atoms with Crippen LogP contribution < -0.4 is 0 Å². The van der Waals surface area contributed by atoms with Gasteiger partial charge in [0.1, 0.15) is 5.75 Å². The Hall–Kier alpha value is -1.54. The molecule has 1 aliphatic carbocycles. The molecule has 0 heterocycles. The third-order valence-corrected chi connectivity index (χ3v) is 4.07. The van der Waals surface area contributed by atoms with Gasteiger partial charge in [0.25, 0.3) is 0 Å². The fourth-order valence-electron chi connectivity index (χ4n) is 2.88. The van der Waals surface area contributed by atoms with Gasteiger partial charge in [-0.15, -0.1) is 0 Å². The predicted octanol–water partition coefficient (Wildman–Crippen LogP) is 2.96. The fraction of sp³-hybridized carbons (Fsp3) is 0.333. The number of hydrogen-bond acceptors (Lipinski definition) is 2. The van der Waals surface area contributed by atoms with Crippen LogP contribution in [0.5, 0.6) is 5.75 Å². The number of fused-ring (bicyclic) bond motifs is 1. The standard InChI is InChI=1S/C15H16O2/c16-10-15(8-3-9-15)12-6-1-4-11-5-2-7-13(17)14(11)12/h1-2,4-7,16-17H,3,8-10H2. The van der Waals surface area contributed by atoms with E-state index in [1.807, 2.05) is 30.3 Å². The van der Waals surface area contributed by atoms with E-state index in [1.54, 1.807) is 6.07 Å². The first-order chi connectivity index (χ1) is 8.27. The average molecular weight is 228 g/mol. The topological polar surface area (TPSA) is 40.5 Å². The number of phenolic OH excluding ortho intramolecular Hbond substituents is 1. The van der Waals surface area contributed by atoms with Crippen molar-refractivity contribution in [2.45, 2.75) is 24.7 Å². The van der Waals surface area contributed by atoms with Crippen LogP contribution in [-0.2, 0) is 5.41 Å². The second-order valence-electron chi connectivity index (χ2n) is 4.97. The molecule has 0 radical (unpaired) electrons. The Labute approximate surface area is 101 Å². The molecule has 0 bridgehead atoms. The summed E-state index contributed by atoms with van der Waals surface area (Å²) in [6, 6.07) is 11.6. The molecule has 2 aromatic rings. The molecule has 2 N–H and O–H groups in total. The Morgan fingerprint density at radius 2 is 1.76 bits per heavy atom. The van der Waals surface area contributed by atoms with E-state index in [0.717, 1.165) is 35.6 Å². The maximum Gasteiger partial charge on any atom is 0.123 e. The minimum absolute atomic E-state index is 0.127. The van der Waals surface area contributed by atoms with Crippen LogP contribution in [0.3, 0.4) is 0 Å². The summed E-state index contributed by atoms with van der Waals surface area (Å²) >= 11 is 0. The number of aliphatic hydroxyl groups excluding tert-OH is 1. The molecular formula is C15H16O2. The van der Waals surface area contributed by atoms with Crippen LogP contribution >= 0.6 is 0 Å². The normalized spacial score (nSPS) is 17.9. The van der Waals surface area contributed by atoms with Crippen LogP contribution in [0, 0.1) is 0 Å². The molecule has 2 nitrogen and oxygen atoms in total. The van der Waals surface area contributed by atoms with Gasteiger partial charge in [-0.3, -0.25) is 0 Å². The molecule has 2 aromatic carbocycles. The Morgan fingerprint density at radius 3 is 2.35 bits per heavy atom. The molecule has 0 saturated heterocycles. The Bertz CT molecular complexity index is 545. The minimum atomic E-state index is -0.127. The highest BCUT2D eigenvalue weighted by atomic mass is 16.3. The highest BCUT2D eigenvalue weighted by Crippen LogP contribution is 2.47. The van der Waals surface area contributed by atoms with Crippen LogP contribution in [0.15, 0.2) is 36.4 Å². The van der Waals surface area contributed by atoms with E-state index in [1.165, 1.54) is 0 Å². The van der Waals surface area contributed by atoms with Crippen molar-refractivity contribution in [1.82, 2.24) is 0 Å². The molecule has 88 valence electrons. The minimum Gasteiger partial charge on any atom is -0.507 e. The summed E-state index contributed by atoms with van der Waals surface area (Å²) in [6.07, 6.45) is 3.18. The Balaban J connectivity index is 2.29. The molecule has 0 atom stereocenters. The van der Waals surface area contributed by atoms with E-state index in [2.05, 4.69) is 0 Å². The van der Waals surface area contributed by atoms with Crippen LogP contribution in [0.25, 0.3) is 10.8 Å². The van der Waals surface area contributed by atoms with Gasteiger partial charge in [0, 0.05) is 10.8 Å². The SMILES string of the molecule is OCC1(c2cccc3cccc(O)c23)CCC1. The van der Waals surface area contributed by atoms with Crippen molar-refractivity contribution in [3.8, 4) is 5.75 Å². The fourth-order valence-corrected chi connectivity index (χ4v) is 2.88. The zero-order chi connectivity index (χ0) is 11.9. The molecule has 2 heteroatoms. The number of phenols is 1. The van der Waals surface area contributed by atoms with Gasteiger partial charge >= 0.3 is 0 Å². The van der Waals surface area contributed by atoms with Crippen molar-refractivity contribution in [2.24, 2.45) is 0 Å². The second-order valence-corrected chi connectivity index (χ2v) is 4.97. The van der Waals surface area contributed by atoms with Crippen molar-refractivity contribution in [3.63, 3.8) is 0 Å². The van der Waals surface area contributed by atoms with E-state index in [9.17, 15) is 10.2 Å². The largest absolute Gasteiger partial charge is 0.507 e. The van der Waals surface area contributed by atoms with Crippen LogP contribution in [0.1, 0.15) is 24.8 Å². The number of hydrogen-bond donors (Lipinski definition) is 2. The molecule has 0 spiro atoms. The van der Waals surface area contributed by atoms with Gasteiger partial charge in [0.2, 0.25) is 0 Å². The van der Waals surface area contributed by atoms with E-state index in [-0.39, 0.29) is 12.0 Å². The molecular weight excluding hydrogens is 212 g/mol. The first kappa shape index (κ1) is 10.6. The third kappa shape index (κ3) is 1.44. The van der Waals surface area contributed by atoms with Crippen LogP contribution in [-0.4, -0.2) is 16.8 Å². The number of benzene rings is 2. The van der Waals surface area contributed by atoms with Crippen molar-refractivity contribution < 1.29 is 10.2 Å². The lowest BCUT2D eigenvalue weighted by Crippen LogP contribution is -2.38. The molecule has 0 unspecified atom stereocenters. The smallest absolute Gasteiger partial charge is 0.123 e. The van der Waals surface area contributed by atoms with Gasteiger partial charge in [-0.25, -0.2) is 0 Å². The van der Waals surface area contributed by atoms with Gasteiger partial charge in [0.15, 0.2) is 0 Å². The van der Waals surface area contributed by atoms with Crippen molar-refractivity contribution >= 4 is 10.8 Å². The number of aliphatic hydroxyl groups is 1. The molecule has 17 heavy (non-hydrogen) atoms. The summed E-state index contributed by atoms with van der Waals surface area (Å²) in [5.74, 6) is 0.317. The summed E-state index contributed by atoms with van der Waals surface area (Å²) < 4.78 is 0. The van der Waals surface area contributed by atoms with Gasteiger partial charge in [-0.1, -0.05) is 36.8 Å². The summed E-state index contributed by atoms with van der Waals surface area (Å²) in [6.45, 7) is 0.167. The molecule has 0 amide bonds. The highest BCUT2D eigenvalue weighted by Gasteiger charge is 2.39. The lowest BCUT2D eigenvalue weighted by atomic mass is 9.64. The van der Waals surface area contributed by atoms with E-state index in [4.69, 9.17) is 0 Å². The zero-order valence-electron chi connectivity index (χ0n) is 9.69. The summed E-state index contributed by atoms with van der Waals surface area (Å²) in [4.78, 5) is 0. The monoisotopic (exact) mass is 228 g/mol. The molecule has 1 saturated carbocycles. The molecule has 1 aliphatic rings. The third-order valence-electron chi connectivity index (χ3n) is 4.07. The van der Waals surface area contributed by atoms with Gasteiger partial charge in [0.05, 0.1) is 6.61 Å². The summed E-state index contributed by atoms with van der Waals surface area (Å²) in [5, 5.41) is 21.7. The molecule has 3 rings (SSSR count). The molecule has 0 aromatic heterocycles. The quantitative estimate of drug-likeness (QED) is 0.829. The Morgan fingerprint density at radius 1 is 1.06 bits per heavy atom. The van der Waals surface area contributed by atoms with Crippen molar-refractivity contribution in [3.05, 3.63) is 42.0 Å². The highest BCUT2D eigenvalue weighted by molar-refractivity contribution is 5.92. The van der Waals surface area contributed by atoms with Crippen molar-refractivity contribution in [1.29, 1.82) is 0 Å². The summed E-state index contributed by atoms with van der Waals surface area (Å²) in [5.41, 5.74) is 0.972. The average Bonchev–Trinajstić information content (AvgIpc) is 2.29. The van der Waals surface area contributed by atoms with Crippen LogP contribution in [0.2, 0.25) is 0 Å². The second kappa shape index (κ2) is 3.74. The Kier molecular flexibility index (Phi) is 2.33.